The summed E-state index contributed by atoms with van der Waals surface area (Å²) in [5, 5.41) is 0. The summed E-state index contributed by atoms with van der Waals surface area (Å²) in [6.07, 6.45) is 0. The van der Waals surface area contributed by atoms with Crippen LogP contribution >= 0.6 is 0 Å². The minimum absolute atomic E-state index is 0.0486. The van der Waals surface area contributed by atoms with Crippen LogP contribution in [0.5, 0.6) is 0 Å². The average Bonchev–Trinajstić information content (AvgIpc) is 2.23. The number of likely N-dealkylation sites (N-methyl/N-ethyl adjacent to an activating group) is 1. The topological polar surface area (TPSA) is 46.3 Å². The van der Waals surface area contributed by atoms with Gasteiger partial charge in [-0.15, -0.1) is 0 Å². The normalized spacial score (nSPS) is 13.3. The molecule has 1 rings (SSSR count). The minimum atomic E-state index is -0.497. The molecule has 0 fully saturated rings. The molecule has 1 amide bonds. The fraction of sp³-hybridized carbons (Fsp3) is 0.533. The van der Waals surface area contributed by atoms with Crippen molar-refractivity contribution in [1.82, 2.24) is 0 Å². The molecule has 0 aliphatic carbocycles. The predicted octanol–water partition coefficient (Wildman–Crippen LogP) is 2.64. The third-order valence-corrected chi connectivity index (χ3v) is 3.12. The van der Waals surface area contributed by atoms with Gasteiger partial charge >= 0.3 is 0 Å². The number of anilines is 1. The monoisotopic (exact) mass is 248 g/mol. The molecule has 0 radical (unpaired) electrons. The summed E-state index contributed by atoms with van der Waals surface area (Å²) in [6.45, 7) is 9.98. The molecule has 0 saturated heterocycles. The van der Waals surface area contributed by atoms with Gasteiger partial charge in [0.1, 0.15) is 0 Å². The molecule has 0 aliphatic rings. The van der Waals surface area contributed by atoms with Gasteiger partial charge < -0.3 is 10.6 Å². The van der Waals surface area contributed by atoms with Gasteiger partial charge in [-0.1, -0.05) is 26.8 Å². The maximum absolute atomic E-state index is 12.3. The van der Waals surface area contributed by atoms with Crippen molar-refractivity contribution in [2.75, 3.05) is 11.9 Å². The van der Waals surface area contributed by atoms with Gasteiger partial charge in [0.2, 0.25) is 5.91 Å². The quantitative estimate of drug-likeness (QED) is 0.874. The molecule has 3 nitrogen and oxygen atoms in total. The van der Waals surface area contributed by atoms with Crippen molar-refractivity contribution in [2.24, 2.45) is 11.1 Å². The molecule has 0 aromatic heterocycles. The third-order valence-electron chi connectivity index (χ3n) is 3.12. The number of hydrogen-bond acceptors (Lipinski definition) is 2. The second-order valence-electron chi connectivity index (χ2n) is 6.09. The van der Waals surface area contributed by atoms with Crippen molar-refractivity contribution < 1.29 is 4.79 Å². The van der Waals surface area contributed by atoms with E-state index in [4.69, 9.17) is 5.73 Å². The number of carbonyl (C=O) groups is 1. The maximum atomic E-state index is 12.3. The van der Waals surface area contributed by atoms with Crippen LogP contribution < -0.4 is 10.6 Å². The first-order valence-electron chi connectivity index (χ1n) is 6.24. The van der Waals surface area contributed by atoms with Gasteiger partial charge in [-0.3, -0.25) is 4.79 Å². The van der Waals surface area contributed by atoms with Gasteiger partial charge in [0.25, 0.3) is 0 Å². The SMILES string of the molecule is Cc1cc(C)cc(N(C)C(=O)[C@@H](N)C(C)(C)C)c1. The Morgan fingerprint density at radius 2 is 1.61 bits per heavy atom. The van der Waals surface area contributed by atoms with Crippen LogP contribution in [-0.2, 0) is 4.79 Å². The Kier molecular flexibility index (Phi) is 4.17. The van der Waals surface area contributed by atoms with Crippen LogP contribution in [0.2, 0.25) is 0 Å². The second kappa shape index (κ2) is 5.11. The van der Waals surface area contributed by atoms with Crippen molar-refractivity contribution in [3.05, 3.63) is 29.3 Å². The molecular formula is C15H24N2O. The highest BCUT2D eigenvalue weighted by atomic mass is 16.2. The van der Waals surface area contributed by atoms with Gasteiger partial charge in [-0.05, 0) is 42.5 Å². The predicted molar refractivity (Wildman–Crippen MR) is 76.8 cm³/mol. The summed E-state index contributed by atoms with van der Waals surface area (Å²) >= 11 is 0. The van der Waals surface area contributed by atoms with E-state index in [1.807, 2.05) is 46.8 Å². The lowest BCUT2D eigenvalue weighted by Crippen LogP contribution is -2.49. The minimum Gasteiger partial charge on any atom is -0.319 e. The van der Waals surface area contributed by atoms with Crippen molar-refractivity contribution in [3.8, 4) is 0 Å². The molecule has 18 heavy (non-hydrogen) atoms. The van der Waals surface area contributed by atoms with E-state index in [0.717, 1.165) is 16.8 Å². The number of nitrogens with two attached hydrogens (primary N) is 1. The molecule has 100 valence electrons. The zero-order chi connectivity index (χ0) is 14.1. The van der Waals surface area contributed by atoms with Crippen molar-refractivity contribution in [2.45, 2.75) is 40.7 Å². The number of hydrogen-bond donors (Lipinski definition) is 1. The highest BCUT2D eigenvalue weighted by molar-refractivity contribution is 5.97. The average molecular weight is 248 g/mol. The van der Waals surface area contributed by atoms with Gasteiger partial charge in [-0.25, -0.2) is 0 Å². The van der Waals surface area contributed by atoms with Crippen LogP contribution in [0, 0.1) is 19.3 Å². The zero-order valence-electron chi connectivity index (χ0n) is 12.2. The van der Waals surface area contributed by atoms with Gasteiger partial charge in [0.15, 0.2) is 0 Å². The molecular weight excluding hydrogens is 224 g/mol. The fourth-order valence-corrected chi connectivity index (χ4v) is 1.85. The molecule has 1 aromatic carbocycles. The van der Waals surface area contributed by atoms with E-state index in [2.05, 4.69) is 6.07 Å². The summed E-state index contributed by atoms with van der Waals surface area (Å²) < 4.78 is 0. The van der Waals surface area contributed by atoms with E-state index in [1.54, 1.807) is 11.9 Å². The number of aryl methyl sites for hydroxylation is 2. The molecule has 3 heteroatoms. The van der Waals surface area contributed by atoms with Crippen LogP contribution in [0.1, 0.15) is 31.9 Å². The summed E-state index contributed by atoms with van der Waals surface area (Å²) in [7, 11) is 1.78. The number of nitrogens with zero attached hydrogens (tertiary/aromatic N) is 1. The molecule has 0 aliphatic heterocycles. The van der Waals surface area contributed by atoms with E-state index in [0.29, 0.717) is 0 Å². The zero-order valence-corrected chi connectivity index (χ0v) is 12.2. The fourth-order valence-electron chi connectivity index (χ4n) is 1.85. The molecule has 0 heterocycles. The number of amides is 1. The largest absolute Gasteiger partial charge is 0.319 e. The number of benzene rings is 1. The van der Waals surface area contributed by atoms with E-state index in [9.17, 15) is 4.79 Å². The summed E-state index contributed by atoms with van der Waals surface area (Å²) in [6, 6.07) is 5.59. The van der Waals surface area contributed by atoms with Crippen LogP contribution in [-0.4, -0.2) is 19.0 Å². The Bertz CT molecular complexity index is 426. The van der Waals surface area contributed by atoms with Crippen LogP contribution in [0.3, 0.4) is 0 Å². The molecule has 2 N–H and O–H groups in total. The second-order valence-corrected chi connectivity index (χ2v) is 6.09. The maximum Gasteiger partial charge on any atom is 0.244 e. The highest BCUT2D eigenvalue weighted by Crippen LogP contribution is 2.23. The Balaban J connectivity index is 3.00. The van der Waals surface area contributed by atoms with Gasteiger partial charge in [0.05, 0.1) is 6.04 Å². The summed E-state index contributed by atoms with van der Waals surface area (Å²) in [4.78, 5) is 14.0. The van der Waals surface area contributed by atoms with Crippen LogP contribution in [0.4, 0.5) is 5.69 Å². The van der Waals surface area contributed by atoms with Crippen molar-refractivity contribution in [1.29, 1.82) is 0 Å². The molecule has 0 unspecified atom stereocenters. The van der Waals surface area contributed by atoms with Gasteiger partial charge in [-0.2, -0.15) is 0 Å². The lowest BCUT2D eigenvalue weighted by molar-refractivity contribution is -0.121. The third kappa shape index (κ3) is 3.33. The molecule has 1 aromatic rings. The summed E-state index contributed by atoms with van der Waals surface area (Å²) in [5.41, 5.74) is 8.98. The number of carbonyl (C=O) groups excluding carboxylic acids is 1. The Labute approximate surface area is 110 Å². The van der Waals surface area contributed by atoms with E-state index in [-0.39, 0.29) is 11.3 Å². The smallest absolute Gasteiger partial charge is 0.244 e. The standard InChI is InChI=1S/C15H24N2O/c1-10-7-11(2)9-12(8-10)17(6)14(18)13(16)15(3,4)5/h7-9,13H,16H2,1-6H3/t13-/m1/s1. The first-order chi connectivity index (χ1) is 8.12. The van der Waals surface area contributed by atoms with E-state index >= 15 is 0 Å². The van der Waals surface area contributed by atoms with Crippen LogP contribution in [0.15, 0.2) is 18.2 Å². The molecule has 0 bridgehead atoms. The lowest BCUT2D eigenvalue weighted by atomic mass is 9.86. The van der Waals surface area contributed by atoms with E-state index in [1.165, 1.54) is 0 Å². The first kappa shape index (κ1) is 14.7. The first-order valence-corrected chi connectivity index (χ1v) is 6.24. The molecule has 0 spiro atoms. The number of rotatable bonds is 2. The Hall–Kier alpha value is -1.35. The van der Waals surface area contributed by atoms with Crippen LogP contribution in [0.25, 0.3) is 0 Å². The molecule has 0 saturated carbocycles. The van der Waals surface area contributed by atoms with Crippen molar-refractivity contribution >= 4 is 11.6 Å². The lowest BCUT2D eigenvalue weighted by Gasteiger charge is -2.30. The van der Waals surface area contributed by atoms with Gasteiger partial charge in [0, 0.05) is 12.7 Å². The Morgan fingerprint density at radius 3 is 2.00 bits per heavy atom. The highest BCUT2D eigenvalue weighted by Gasteiger charge is 2.30. The van der Waals surface area contributed by atoms with Crippen molar-refractivity contribution in [3.63, 3.8) is 0 Å². The molecule has 1 atom stereocenters. The Morgan fingerprint density at radius 1 is 1.17 bits per heavy atom. The summed E-state index contributed by atoms with van der Waals surface area (Å²) in [5.74, 6) is -0.0486. The van der Waals surface area contributed by atoms with E-state index < -0.39 is 6.04 Å².